The summed E-state index contributed by atoms with van der Waals surface area (Å²) in [5.41, 5.74) is 7.70. The van der Waals surface area contributed by atoms with E-state index in [9.17, 15) is 4.79 Å². The summed E-state index contributed by atoms with van der Waals surface area (Å²) in [5, 5.41) is 2.87. The van der Waals surface area contributed by atoms with Gasteiger partial charge in [0.1, 0.15) is 0 Å². The van der Waals surface area contributed by atoms with Crippen molar-refractivity contribution < 1.29 is 4.79 Å². The van der Waals surface area contributed by atoms with E-state index in [2.05, 4.69) is 27.9 Å². The Bertz CT molecular complexity index is 398. The van der Waals surface area contributed by atoms with Gasteiger partial charge in [0.15, 0.2) is 0 Å². The summed E-state index contributed by atoms with van der Waals surface area (Å²) in [4.78, 5) is 11.8. The quantitative estimate of drug-likeness (QED) is 0.790. The lowest BCUT2D eigenvalue weighted by Crippen LogP contribution is -2.36. The standard InChI is InChI=1S/C12H17IN2OS/c1-8-7-9(13)3-4-11(8)15-12(16)10(14)5-6-17-2/h3-4,7,10H,5-6,14H2,1-2H3,(H,15,16)/t10-/m1/s1. The molecule has 3 N–H and O–H groups in total. The minimum absolute atomic E-state index is 0.108. The van der Waals surface area contributed by atoms with Crippen LogP contribution in [0.4, 0.5) is 5.69 Å². The van der Waals surface area contributed by atoms with Crippen molar-refractivity contribution in [1.29, 1.82) is 0 Å². The number of thioether (sulfide) groups is 1. The summed E-state index contributed by atoms with van der Waals surface area (Å²) >= 11 is 3.95. The zero-order valence-corrected chi connectivity index (χ0v) is 13.0. The number of carbonyl (C=O) groups is 1. The van der Waals surface area contributed by atoms with E-state index in [4.69, 9.17) is 5.73 Å². The van der Waals surface area contributed by atoms with Crippen LogP contribution in [0.1, 0.15) is 12.0 Å². The van der Waals surface area contributed by atoms with Crippen LogP contribution >= 0.6 is 34.4 Å². The third-order valence-corrected chi connectivity index (χ3v) is 3.73. The van der Waals surface area contributed by atoms with Crippen molar-refractivity contribution in [2.45, 2.75) is 19.4 Å². The SMILES string of the molecule is CSCC[C@@H](N)C(=O)Nc1ccc(I)cc1C. The number of rotatable bonds is 5. The van der Waals surface area contributed by atoms with Crippen molar-refractivity contribution in [2.24, 2.45) is 5.73 Å². The predicted octanol–water partition coefficient (Wildman–Crippen LogP) is 2.62. The van der Waals surface area contributed by atoms with Crippen LogP contribution < -0.4 is 11.1 Å². The molecule has 3 nitrogen and oxygen atoms in total. The fourth-order valence-corrected chi connectivity index (χ4v) is 2.51. The largest absolute Gasteiger partial charge is 0.324 e. The van der Waals surface area contributed by atoms with Gasteiger partial charge in [-0.05, 0) is 71.7 Å². The average molecular weight is 364 g/mol. The van der Waals surface area contributed by atoms with Gasteiger partial charge in [-0.25, -0.2) is 0 Å². The van der Waals surface area contributed by atoms with Gasteiger partial charge in [0.05, 0.1) is 6.04 Å². The molecule has 1 rings (SSSR count). The van der Waals surface area contributed by atoms with Gasteiger partial charge in [-0.1, -0.05) is 0 Å². The van der Waals surface area contributed by atoms with Gasteiger partial charge in [-0.3, -0.25) is 4.79 Å². The lowest BCUT2D eigenvalue weighted by Gasteiger charge is -2.13. The normalized spacial score (nSPS) is 12.2. The Balaban J connectivity index is 2.61. The Morgan fingerprint density at radius 3 is 2.88 bits per heavy atom. The summed E-state index contributed by atoms with van der Waals surface area (Å²) in [6.07, 6.45) is 2.71. The number of hydrogen-bond donors (Lipinski definition) is 2. The Hall–Kier alpha value is -0.270. The summed E-state index contributed by atoms with van der Waals surface area (Å²) in [6.45, 7) is 1.98. The van der Waals surface area contributed by atoms with Crippen molar-refractivity contribution in [3.8, 4) is 0 Å². The second-order valence-electron chi connectivity index (χ2n) is 3.84. The van der Waals surface area contributed by atoms with Crippen molar-refractivity contribution in [1.82, 2.24) is 0 Å². The molecule has 5 heteroatoms. The van der Waals surface area contributed by atoms with E-state index in [1.807, 2.05) is 31.4 Å². The number of anilines is 1. The molecule has 1 aromatic carbocycles. The first-order valence-corrected chi connectivity index (χ1v) is 7.83. The predicted molar refractivity (Wildman–Crippen MR) is 83.5 cm³/mol. The molecular formula is C12H17IN2OS. The molecular weight excluding hydrogens is 347 g/mol. The van der Waals surface area contributed by atoms with Crippen LogP contribution in [0, 0.1) is 10.5 Å². The van der Waals surface area contributed by atoms with Gasteiger partial charge in [0, 0.05) is 9.26 Å². The highest BCUT2D eigenvalue weighted by molar-refractivity contribution is 14.1. The molecule has 0 radical (unpaired) electrons. The minimum atomic E-state index is -0.430. The second-order valence-corrected chi connectivity index (χ2v) is 6.07. The number of nitrogens with two attached hydrogens (primary N) is 1. The average Bonchev–Trinajstić information content (AvgIpc) is 2.29. The fourth-order valence-electron chi connectivity index (χ4n) is 1.37. The maximum Gasteiger partial charge on any atom is 0.241 e. The molecule has 0 aliphatic carbocycles. The lowest BCUT2D eigenvalue weighted by molar-refractivity contribution is -0.117. The van der Waals surface area contributed by atoms with Crippen LogP contribution in [-0.2, 0) is 4.79 Å². The van der Waals surface area contributed by atoms with Crippen molar-refractivity contribution in [2.75, 3.05) is 17.3 Å². The van der Waals surface area contributed by atoms with Crippen LogP contribution in [-0.4, -0.2) is 24.0 Å². The second kappa shape index (κ2) is 7.23. The van der Waals surface area contributed by atoms with Crippen molar-refractivity contribution in [3.63, 3.8) is 0 Å². The van der Waals surface area contributed by atoms with Gasteiger partial charge >= 0.3 is 0 Å². The smallest absolute Gasteiger partial charge is 0.241 e. The Labute approximate surface area is 120 Å². The first-order valence-electron chi connectivity index (χ1n) is 5.36. The number of carbonyl (C=O) groups excluding carboxylic acids is 1. The lowest BCUT2D eigenvalue weighted by atomic mass is 10.1. The summed E-state index contributed by atoms with van der Waals surface area (Å²) < 4.78 is 1.16. The number of nitrogens with one attached hydrogen (secondary N) is 1. The molecule has 0 aliphatic heterocycles. The summed E-state index contributed by atoms with van der Waals surface area (Å²) in [5.74, 6) is 0.795. The number of aryl methyl sites for hydroxylation is 1. The highest BCUT2D eigenvalue weighted by Crippen LogP contribution is 2.18. The van der Waals surface area contributed by atoms with Gasteiger partial charge in [-0.15, -0.1) is 0 Å². The van der Waals surface area contributed by atoms with Crippen LogP contribution in [0.25, 0.3) is 0 Å². The molecule has 0 aromatic heterocycles. The first kappa shape index (κ1) is 14.8. The van der Waals surface area contributed by atoms with Crippen LogP contribution in [0.5, 0.6) is 0 Å². The van der Waals surface area contributed by atoms with E-state index in [0.717, 1.165) is 20.6 Å². The van der Waals surface area contributed by atoms with E-state index >= 15 is 0 Å². The summed E-state index contributed by atoms with van der Waals surface area (Å²) in [6, 6.07) is 5.48. The number of amides is 1. The number of hydrogen-bond acceptors (Lipinski definition) is 3. The van der Waals surface area contributed by atoms with E-state index < -0.39 is 6.04 Å². The molecule has 94 valence electrons. The van der Waals surface area contributed by atoms with Gasteiger partial charge in [0.2, 0.25) is 5.91 Å². The Morgan fingerprint density at radius 2 is 2.29 bits per heavy atom. The molecule has 0 saturated heterocycles. The maximum atomic E-state index is 11.8. The third-order valence-electron chi connectivity index (χ3n) is 2.42. The van der Waals surface area contributed by atoms with E-state index in [1.54, 1.807) is 11.8 Å². The highest BCUT2D eigenvalue weighted by Gasteiger charge is 2.13. The van der Waals surface area contributed by atoms with Gasteiger partial charge in [0.25, 0.3) is 0 Å². The maximum absolute atomic E-state index is 11.8. The van der Waals surface area contributed by atoms with Crippen LogP contribution in [0.15, 0.2) is 18.2 Å². The van der Waals surface area contributed by atoms with E-state index in [-0.39, 0.29) is 5.91 Å². The van der Waals surface area contributed by atoms with Gasteiger partial charge < -0.3 is 11.1 Å². The molecule has 0 spiro atoms. The van der Waals surface area contributed by atoms with Crippen molar-refractivity contribution >= 4 is 45.9 Å². The first-order chi connectivity index (χ1) is 8.04. The molecule has 0 saturated carbocycles. The zero-order chi connectivity index (χ0) is 12.8. The molecule has 0 unspecified atom stereocenters. The molecule has 0 fully saturated rings. The third kappa shape index (κ3) is 4.85. The molecule has 0 bridgehead atoms. The molecule has 0 aliphatic rings. The summed E-state index contributed by atoms with van der Waals surface area (Å²) in [7, 11) is 0. The van der Waals surface area contributed by atoms with Crippen molar-refractivity contribution in [3.05, 3.63) is 27.3 Å². The zero-order valence-electron chi connectivity index (χ0n) is 10.00. The van der Waals surface area contributed by atoms with E-state index in [0.29, 0.717) is 6.42 Å². The molecule has 17 heavy (non-hydrogen) atoms. The van der Waals surface area contributed by atoms with Crippen LogP contribution in [0.3, 0.4) is 0 Å². The molecule has 1 amide bonds. The fraction of sp³-hybridized carbons (Fsp3) is 0.417. The topological polar surface area (TPSA) is 55.1 Å². The highest BCUT2D eigenvalue weighted by atomic mass is 127. The molecule has 0 heterocycles. The number of halogens is 1. The Kier molecular flexibility index (Phi) is 6.29. The number of benzene rings is 1. The van der Waals surface area contributed by atoms with E-state index in [1.165, 1.54) is 0 Å². The Morgan fingerprint density at radius 1 is 1.59 bits per heavy atom. The van der Waals surface area contributed by atoms with Gasteiger partial charge in [-0.2, -0.15) is 11.8 Å². The molecule has 1 atom stereocenters. The van der Waals surface area contributed by atoms with Crippen LogP contribution in [0.2, 0.25) is 0 Å². The molecule has 1 aromatic rings. The minimum Gasteiger partial charge on any atom is -0.324 e. The monoisotopic (exact) mass is 364 g/mol.